The number of fused-ring (bicyclic) bond motifs is 1. The van der Waals surface area contributed by atoms with Crippen LogP contribution in [0.25, 0.3) is 10.9 Å². The van der Waals surface area contributed by atoms with E-state index in [1.165, 1.54) is 16.5 Å². The van der Waals surface area contributed by atoms with Crippen LogP contribution in [-0.4, -0.2) is 60.0 Å². The van der Waals surface area contributed by atoms with Gasteiger partial charge in [-0.3, -0.25) is 4.90 Å². The molecule has 2 aromatic carbocycles. The second-order valence-electron chi connectivity index (χ2n) is 8.67. The quantitative estimate of drug-likeness (QED) is 0.416. The molecule has 0 aliphatic carbocycles. The van der Waals surface area contributed by atoms with Gasteiger partial charge >= 0.3 is 5.97 Å². The molecule has 0 amide bonds. The summed E-state index contributed by atoms with van der Waals surface area (Å²) in [6, 6.07) is 15.5. The molecule has 0 unspecified atom stereocenters. The Bertz CT molecular complexity index is 1050. The van der Waals surface area contributed by atoms with Gasteiger partial charge in [0, 0.05) is 36.8 Å². The molecule has 1 N–H and O–H groups in total. The van der Waals surface area contributed by atoms with Crippen LogP contribution in [0.1, 0.15) is 48.0 Å². The van der Waals surface area contributed by atoms with Crippen molar-refractivity contribution in [2.75, 3.05) is 39.5 Å². The number of carboxylic acid groups (broad SMARTS) is 1. The Morgan fingerprint density at radius 3 is 2.55 bits per heavy atom. The molecule has 0 radical (unpaired) electrons. The van der Waals surface area contributed by atoms with Gasteiger partial charge < -0.3 is 19.1 Å². The summed E-state index contributed by atoms with van der Waals surface area (Å²) in [5.41, 5.74) is 2.96. The summed E-state index contributed by atoms with van der Waals surface area (Å²) in [6.07, 6.45) is 5.62. The number of likely N-dealkylation sites (tertiary alicyclic amines) is 1. The maximum absolute atomic E-state index is 11.3. The highest BCUT2D eigenvalue weighted by Gasteiger charge is 2.24. The van der Waals surface area contributed by atoms with Crippen molar-refractivity contribution >= 4 is 16.9 Å². The van der Waals surface area contributed by atoms with Gasteiger partial charge in [0.1, 0.15) is 17.9 Å². The SMILES string of the molecule is CCCOCCn1cc(C2CCN(CCOc3ccccc3C(=O)O)CC2)c2ccccc21. The van der Waals surface area contributed by atoms with E-state index in [0.29, 0.717) is 18.3 Å². The van der Waals surface area contributed by atoms with Gasteiger partial charge in [0.05, 0.1) is 6.61 Å². The number of hydrogen-bond acceptors (Lipinski definition) is 4. The van der Waals surface area contributed by atoms with E-state index in [0.717, 1.165) is 58.7 Å². The van der Waals surface area contributed by atoms with Gasteiger partial charge in [-0.2, -0.15) is 0 Å². The molecule has 1 aromatic heterocycles. The minimum absolute atomic E-state index is 0.215. The van der Waals surface area contributed by atoms with E-state index in [2.05, 4.69) is 46.9 Å². The second kappa shape index (κ2) is 11.3. The molecule has 0 spiro atoms. The van der Waals surface area contributed by atoms with Crippen LogP contribution < -0.4 is 4.74 Å². The normalized spacial score (nSPS) is 15.2. The van der Waals surface area contributed by atoms with Crippen molar-refractivity contribution in [3.63, 3.8) is 0 Å². The van der Waals surface area contributed by atoms with Gasteiger partial charge in [-0.25, -0.2) is 4.79 Å². The Kier molecular flexibility index (Phi) is 8.02. The number of carboxylic acids is 1. The lowest BCUT2D eigenvalue weighted by molar-refractivity contribution is 0.0691. The highest BCUT2D eigenvalue weighted by molar-refractivity contribution is 5.90. The van der Waals surface area contributed by atoms with E-state index >= 15 is 0 Å². The molecule has 4 rings (SSSR count). The van der Waals surface area contributed by atoms with Crippen LogP contribution in [0.3, 0.4) is 0 Å². The topological polar surface area (TPSA) is 63.9 Å². The van der Waals surface area contributed by atoms with Crippen molar-refractivity contribution in [2.45, 2.75) is 38.6 Å². The summed E-state index contributed by atoms with van der Waals surface area (Å²) >= 11 is 0. The minimum Gasteiger partial charge on any atom is -0.491 e. The predicted molar refractivity (Wildman–Crippen MR) is 130 cm³/mol. The highest BCUT2D eigenvalue weighted by atomic mass is 16.5. The predicted octanol–water partition coefficient (Wildman–Crippen LogP) is 5.02. The molecule has 0 bridgehead atoms. The van der Waals surface area contributed by atoms with E-state index in [1.807, 2.05) is 0 Å². The van der Waals surface area contributed by atoms with E-state index in [9.17, 15) is 9.90 Å². The zero-order valence-electron chi connectivity index (χ0n) is 19.4. The molecule has 1 fully saturated rings. The van der Waals surface area contributed by atoms with Crippen molar-refractivity contribution < 1.29 is 19.4 Å². The molecular formula is C27H34N2O4. The molecule has 0 atom stereocenters. The van der Waals surface area contributed by atoms with Crippen molar-refractivity contribution in [2.24, 2.45) is 0 Å². The van der Waals surface area contributed by atoms with Gasteiger partial charge in [0.2, 0.25) is 0 Å². The Hall–Kier alpha value is -2.83. The summed E-state index contributed by atoms with van der Waals surface area (Å²) < 4.78 is 13.9. The number of piperidine rings is 1. The molecule has 2 heterocycles. The Morgan fingerprint density at radius 2 is 1.76 bits per heavy atom. The lowest BCUT2D eigenvalue weighted by Gasteiger charge is -2.31. The Balaban J connectivity index is 1.32. The maximum atomic E-state index is 11.3. The average Bonchev–Trinajstić information content (AvgIpc) is 3.21. The van der Waals surface area contributed by atoms with Gasteiger partial charge in [-0.1, -0.05) is 37.3 Å². The maximum Gasteiger partial charge on any atom is 0.339 e. The molecule has 1 aliphatic heterocycles. The third-order valence-corrected chi connectivity index (χ3v) is 6.45. The van der Waals surface area contributed by atoms with Crippen LogP contribution in [0.15, 0.2) is 54.7 Å². The molecular weight excluding hydrogens is 416 g/mol. The van der Waals surface area contributed by atoms with Crippen LogP contribution in [0.2, 0.25) is 0 Å². The third-order valence-electron chi connectivity index (χ3n) is 6.45. The summed E-state index contributed by atoms with van der Waals surface area (Å²) in [5, 5.41) is 10.7. The van der Waals surface area contributed by atoms with Gasteiger partial charge in [0.15, 0.2) is 0 Å². The molecule has 33 heavy (non-hydrogen) atoms. The van der Waals surface area contributed by atoms with Crippen molar-refractivity contribution in [1.29, 1.82) is 0 Å². The van der Waals surface area contributed by atoms with Crippen LogP contribution in [0, 0.1) is 0 Å². The van der Waals surface area contributed by atoms with E-state index in [4.69, 9.17) is 9.47 Å². The van der Waals surface area contributed by atoms with Crippen molar-refractivity contribution in [3.05, 3.63) is 65.9 Å². The fourth-order valence-electron chi connectivity index (χ4n) is 4.72. The Labute approximate surface area is 195 Å². The first-order chi connectivity index (χ1) is 16.2. The standard InChI is InChI=1S/C27H34N2O4/c1-2-17-32-18-16-29-20-24(22-7-3-5-9-25(22)29)21-11-13-28(14-12-21)15-19-33-26-10-6-4-8-23(26)27(30)31/h3-10,20-21H,2,11-19H2,1H3,(H,30,31). The molecule has 3 aromatic rings. The number of aromatic nitrogens is 1. The molecule has 1 saturated heterocycles. The number of aromatic carboxylic acids is 1. The number of nitrogens with zero attached hydrogens (tertiary/aromatic N) is 2. The first-order valence-electron chi connectivity index (χ1n) is 12.0. The van der Waals surface area contributed by atoms with E-state index < -0.39 is 5.97 Å². The van der Waals surface area contributed by atoms with E-state index in [-0.39, 0.29) is 5.56 Å². The van der Waals surface area contributed by atoms with Crippen LogP contribution in [0.4, 0.5) is 0 Å². The second-order valence-corrected chi connectivity index (χ2v) is 8.67. The first kappa shape index (κ1) is 23.3. The number of para-hydroxylation sites is 2. The zero-order valence-corrected chi connectivity index (χ0v) is 19.4. The molecule has 1 aliphatic rings. The van der Waals surface area contributed by atoms with Gasteiger partial charge in [-0.15, -0.1) is 0 Å². The Morgan fingerprint density at radius 1 is 1.00 bits per heavy atom. The summed E-state index contributed by atoms with van der Waals surface area (Å²) in [7, 11) is 0. The number of rotatable bonds is 11. The smallest absolute Gasteiger partial charge is 0.339 e. The number of benzene rings is 2. The monoisotopic (exact) mass is 450 g/mol. The van der Waals surface area contributed by atoms with Gasteiger partial charge in [-0.05, 0) is 62.0 Å². The third kappa shape index (κ3) is 5.75. The number of hydrogen-bond donors (Lipinski definition) is 1. The van der Waals surface area contributed by atoms with E-state index in [1.54, 1.807) is 24.3 Å². The lowest BCUT2D eigenvalue weighted by Crippen LogP contribution is -2.35. The fraction of sp³-hybridized carbons (Fsp3) is 0.444. The van der Waals surface area contributed by atoms with Crippen LogP contribution >= 0.6 is 0 Å². The molecule has 176 valence electrons. The number of carbonyl (C=O) groups is 1. The summed E-state index contributed by atoms with van der Waals surface area (Å²) in [5.74, 6) is 0.0377. The van der Waals surface area contributed by atoms with Crippen molar-refractivity contribution in [1.82, 2.24) is 9.47 Å². The lowest BCUT2D eigenvalue weighted by atomic mass is 9.89. The van der Waals surface area contributed by atoms with Crippen LogP contribution in [-0.2, 0) is 11.3 Å². The fourth-order valence-corrected chi connectivity index (χ4v) is 4.72. The zero-order chi connectivity index (χ0) is 23.0. The van der Waals surface area contributed by atoms with Crippen molar-refractivity contribution in [3.8, 4) is 5.75 Å². The summed E-state index contributed by atoms with van der Waals surface area (Å²) in [6.45, 7) is 7.92. The molecule has 6 heteroatoms. The number of ether oxygens (including phenoxy) is 2. The average molecular weight is 451 g/mol. The first-order valence-corrected chi connectivity index (χ1v) is 12.0. The van der Waals surface area contributed by atoms with Gasteiger partial charge in [0.25, 0.3) is 0 Å². The highest BCUT2D eigenvalue weighted by Crippen LogP contribution is 2.34. The van der Waals surface area contributed by atoms with Crippen LogP contribution in [0.5, 0.6) is 5.75 Å². The molecule has 6 nitrogen and oxygen atoms in total. The largest absolute Gasteiger partial charge is 0.491 e. The summed E-state index contributed by atoms with van der Waals surface area (Å²) in [4.78, 5) is 13.8. The minimum atomic E-state index is -0.956. The molecule has 0 saturated carbocycles.